The first-order valence-electron chi connectivity index (χ1n) is 7.24. The van der Waals surface area contributed by atoms with Crippen LogP contribution in [0.25, 0.3) is 5.65 Å². The summed E-state index contributed by atoms with van der Waals surface area (Å²) in [5.74, 6) is -0.00309. The van der Waals surface area contributed by atoms with E-state index in [2.05, 4.69) is 29.0 Å². The van der Waals surface area contributed by atoms with Gasteiger partial charge in [-0.3, -0.25) is 4.79 Å². The van der Waals surface area contributed by atoms with E-state index in [1.807, 2.05) is 16.7 Å². The van der Waals surface area contributed by atoms with Crippen molar-refractivity contribution in [2.45, 2.75) is 20.3 Å². The van der Waals surface area contributed by atoms with E-state index in [9.17, 15) is 4.79 Å². The molecule has 0 spiro atoms. The summed E-state index contributed by atoms with van der Waals surface area (Å²) < 4.78 is 1.83. The van der Waals surface area contributed by atoms with Crippen molar-refractivity contribution in [3.05, 3.63) is 35.2 Å². The molecular formula is C15H21ClN4O. The van der Waals surface area contributed by atoms with Crippen LogP contribution in [-0.4, -0.2) is 46.4 Å². The smallest absolute Gasteiger partial charge is 0.226 e. The second-order valence-corrected chi connectivity index (χ2v) is 5.34. The molecule has 21 heavy (non-hydrogen) atoms. The number of halogens is 1. The van der Waals surface area contributed by atoms with Crippen molar-refractivity contribution < 1.29 is 4.79 Å². The summed E-state index contributed by atoms with van der Waals surface area (Å²) in [6.45, 7) is 7.78. The molecule has 0 atom stereocenters. The predicted molar refractivity (Wildman–Crippen MR) is 84.7 cm³/mol. The van der Waals surface area contributed by atoms with Crippen LogP contribution in [0.5, 0.6) is 0 Å². The van der Waals surface area contributed by atoms with Crippen LogP contribution >= 0.6 is 11.6 Å². The molecule has 0 saturated carbocycles. The van der Waals surface area contributed by atoms with Crippen LogP contribution in [0.1, 0.15) is 19.5 Å². The minimum atomic E-state index is -0.00309. The molecule has 0 aliphatic rings. The molecule has 0 aliphatic heterocycles. The van der Waals surface area contributed by atoms with Gasteiger partial charge in [0.05, 0.1) is 17.1 Å². The van der Waals surface area contributed by atoms with Gasteiger partial charge in [0.25, 0.3) is 0 Å². The fourth-order valence-corrected chi connectivity index (χ4v) is 2.39. The molecule has 5 nitrogen and oxygen atoms in total. The van der Waals surface area contributed by atoms with Gasteiger partial charge >= 0.3 is 0 Å². The number of carbonyl (C=O) groups excluding carboxylic acids is 1. The average Bonchev–Trinajstić information content (AvgIpc) is 2.84. The van der Waals surface area contributed by atoms with E-state index < -0.39 is 0 Å². The average molecular weight is 309 g/mol. The third-order valence-corrected chi connectivity index (χ3v) is 3.67. The number of amides is 1. The normalized spacial score (nSPS) is 11.2. The first kappa shape index (κ1) is 15.8. The fraction of sp³-hybridized carbons (Fsp3) is 0.467. The fourth-order valence-electron chi connectivity index (χ4n) is 2.22. The van der Waals surface area contributed by atoms with E-state index in [0.717, 1.165) is 31.0 Å². The maximum Gasteiger partial charge on any atom is 0.226 e. The summed E-state index contributed by atoms with van der Waals surface area (Å²) in [7, 11) is 0. The molecule has 114 valence electrons. The molecule has 2 aromatic heterocycles. The largest absolute Gasteiger partial charge is 0.354 e. The van der Waals surface area contributed by atoms with Crippen LogP contribution < -0.4 is 5.32 Å². The lowest BCUT2D eigenvalue weighted by atomic mass is 10.3. The monoisotopic (exact) mass is 308 g/mol. The Morgan fingerprint density at radius 3 is 2.81 bits per heavy atom. The van der Waals surface area contributed by atoms with E-state index in [1.54, 1.807) is 12.3 Å². The lowest BCUT2D eigenvalue weighted by Crippen LogP contribution is -2.35. The molecule has 0 aliphatic carbocycles. The maximum atomic E-state index is 11.9. The van der Waals surface area contributed by atoms with Gasteiger partial charge in [-0.1, -0.05) is 25.4 Å². The Morgan fingerprint density at radius 2 is 2.10 bits per heavy atom. The van der Waals surface area contributed by atoms with E-state index in [0.29, 0.717) is 11.6 Å². The zero-order valence-corrected chi connectivity index (χ0v) is 13.2. The lowest BCUT2D eigenvalue weighted by molar-refractivity contribution is -0.120. The Bertz CT molecular complexity index is 607. The Labute approximate surface area is 129 Å². The Balaban J connectivity index is 1.86. The third-order valence-electron chi connectivity index (χ3n) is 3.45. The van der Waals surface area contributed by atoms with Crippen molar-refractivity contribution in [2.24, 2.45) is 0 Å². The van der Waals surface area contributed by atoms with Crippen molar-refractivity contribution in [2.75, 3.05) is 26.2 Å². The summed E-state index contributed by atoms with van der Waals surface area (Å²) in [6, 6.07) is 3.63. The van der Waals surface area contributed by atoms with Crippen LogP contribution in [-0.2, 0) is 11.2 Å². The quantitative estimate of drug-likeness (QED) is 0.851. The van der Waals surface area contributed by atoms with Crippen molar-refractivity contribution in [3.63, 3.8) is 0 Å². The second kappa shape index (κ2) is 7.43. The molecule has 1 N–H and O–H groups in total. The Morgan fingerprint density at radius 1 is 1.33 bits per heavy atom. The van der Waals surface area contributed by atoms with Gasteiger partial charge in [-0.25, -0.2) is 4.98 Å². The third kappa shape index (κ3) is 4.44. The first-order valence-corrected chi connectivity index (χ1v) is 7.62. The van der Waals surface area contributed by atoms with Crippen molar-refractivity contribution in [3.8, 4) is 0 Å². The number of likely N-dealkylation sites (N-methyl/N-ethyl adjacent to an activating group) is 1. The van der Waals surface area contributed by atoms with Crippen LogP contribution in [0.3, 0.4) is 0 Å². The van der Waals surface area contributed by atoms with Gasteiger partial charge in [0.1, 0.15) is 5.65 Å². The highest BCUT2D eigenvalue weighted by molar-refractivity contribution is 6.30. The van der Waals surface area contributed by atoms with Crippen LogP contribution in [0.2, 0.25) is 5.02 Å². The van der Waals surface area contributed by atoms with Crippen molar-refractivity contribution >= 4 is 23.2 Å². The molecule has 2 aromatic rings. The summed E-state index contributed by atoms with van der Waals surface area (Å²) in [5.41, 5.74) is 1.54. The molecule has 0 aromatic carbocycles. The molecule has 0 bridgehead atoms. The Hall–Kier alpha value is -1.59. The highest BCUT2D eigenvalue weighted by Crippen LogP contribution is 2.11. The van der Waals surface area contributed by atoms with E-state index in [4.69, 9.17) is 11.6 Å². The molecule has 0 radical (unpaired) electrons. The minimum absolute atomic E-state index is 0.00309. The van der Waals surface area contributed by atoms with Gasteiger partial charge in [-0.2, -0.15) is 0 Å². The standard InChI is InChI=1S/C15H21ClN4O/c1-3-19(4-2)8-7-17-15(21)9-13-11-20-10-12(16)5-6-14(20)18-13/h5-6,10-11H,3-4,7-9H2,1-2H3,(H,17,21). The highest BCUT2D eigenvalue weighted by Gasteiger charge is 2.08. The van der Waals surface area contributed by atoms with Gasteiger partial charge < -0.3 is 14.6 Å². The molecule has 0 fully saturated rings. The molecule has 0 saturated heterocycles. The minimum Gasteiger partial charge on any atom is -0.354 e. The number of hydrogen-bond donors (Lipinski definition) is 1. The molecule has 6 heteroatoms. The van der Waals surface area contributed by atoms with Gasteiger partial charge in [0.2, 0.25) is 5.91 Å². The predicted octanol–water partition coefficient (Wildman–Crippen LogP) is 1.99. The molecular weight excluding hydrogens is 288 g/mol. The van der Waals surface area contributed by atoms with Crippen LogP contribution in [0, 0.1) is 0 Å². The number of rotatable bonds is 7. The molecule has 2 rings (SSSR count). The summed E-state index contributed by atoms with van der Waals surface area (Å²) in [5, 5.41) is 3.58. The van der Waals surface area contributed by atoms with E-state index in [1.165, 1.54) is 0 Å². The van der Waals surface area contributed by atoms with Crippen LogP contribution in [0.4, 0.5) is 0 Å². The topological polar surface area (TPSA) is 49.6 Å². The zero-order valence-electron chi connectivity index (χ0n) is 12.5. The van der Waals surface area contributed by atoms with Gasteiger partial charge in [-0.15, -0.1) is 0 Å². The van der Waals surface area contributed by atoms with Gasteiger partial charge in [0.15, 0.2) is 0 Å². The number of carbonyl (C=O) groups is 1. The number of aromatic nitrogens is 2. The number of nitrogens with one attached hydrogen (secondary N) is 1. The van der Waals surface area contributed by atoms with E-state index in [-0.39, 0.29) is 12.3 Å². The number of fused-ring (bicyclic) bond motifs is 1. The van der Waals surface area contributed by atoms with E-state index >= 15 is 0 Å². The van der Waals surface area contributed by atoms with Gasteiger partial charge in [-0.05, 0) is 25.2 Å². The summed E-state index contributed by atoms with van der Waals surface area (Å²) in [4.78, 5) is 18.6. The number of imidazole rings is 1. The number of pyridine rings is 1. The summed E-state index contributed by atoms with van der Waals surface area (Å²) >= 11 is 5.93. The Kier molecular flexibility index (Phi) is 5.59. The summed E-state index contributed by atoms with van der Waals surface area (Å²) in [6.07, 6.45) is 3.91. The SMILES string of the molecule is CCN(CC)CCNC(=O)Cc1cn2cc(Cl)ccc2n1. The van der Waals surface area contributed by atoms with Gasteiger partial charge in [0, 0.05) is 25.5 Å². The molecule has 2 heterocycles. The second-order valence-electron chi connectivity index (χ2n) is 4.90. The van der Waals surface area contributed by atoms with Crippen molar-refractivity contribution in [1.29, 1.82) is 0 Å². The van der Waals surface area contributed by atoms with Crippen molar-refractivity contribution in [1.82, 2.24) is 19.6 Å². The number of nitrogens with zero attached hydrogens (tertiary/aromatic N) is 3. The maximum absolute atomic E-state index is 11.9. The lowest BCUT2D eigenvalue weighted by Gasteiger charge is -2.17. The first-order chi connectivity index (χ1) is 10.1. The zero-order chi connectivity index (χ0) is 15.2. The number of hydrogen-bond acceptors (Lipinski definition) is 3. The molecule has 0 unspecified atom stereocenters. The molecule has 1 amide bonds. The van der Waals surface area contributed by atoms with Crippen LogP contribution in [0.15, 0.2) is 24.5 Å². The highest BCUT2D eigenvalue weighted by atomic mass is 35.5.